The van der Waals surface area contributed by atoms with Crippen molar-refractivity contribution >= 4 is 23.1 Å². The number of amides is 1. The van der Waals surface area contributed by atoms with Crippen molar-refractivity contribution in [3.63, 3.8) is 0 Å². The maximum atomic E-state index is 11.7. The van der Waals surface area contributed by atoms with E-state index in [1.165, 1.54) is 19.3 Å². The molecule has 0 aromatic carbocycles. The van der Waals surface area contributed by atoms with Gasteiger partial charge in [0.15, 0.2) is 0 Å². The molecule has 14 heavy (non-hydrogen) atoms. The Morgan fingerprint density at radius 1 is 1.57 bits per heavy atom. The number of rotatable bonds is 4. The van der Waals surface area contributed by atoms with Crippen LogP contribution in [0.4, 0.5) is 0 Å². The Morgan fingerprint density at radius 3 is 2.50 bits per heavy atom. The molecule has 1 fully saturated rings. The lowest BCUT2D eigenvalue weighted by Crippen LogP contribution is -2.46. The van der Waals surface area contributed by atoms with Gasteiger partial charge in [-0.25, -0.2) is 0 Å². The second kappa shape index (κ2) is 4.26. The van der Waals surface area contributed by atoms with Crippen molar-refractivity contribution < 1.29 is 4.79 Å². The molecule has 0 aliphatic heterocycles. The van der Waals surface area contributed by atoms with E-state index < -0.39 is 5.41 Å². The Morgan fingerprint density at radius 2 is 2.14 bits per heavy atom. The van der Waals surface area contributed by atoms with Gasteiger partial charge in [-0.05, 0) is 32.6 Å². The van der Waals surface area contributed by atoms with Gasteiger partial charge < -0.3 is 11.1 Å². The van der Waals surface area contributed by atoms with Gasteiger partial charge in [0.1, 0.15) is 0 Å². The van der Waals surface area contributed by atoms with Gasteiger partial charge in [-0.1, -0.05) is 18.6 Å². The fraction of sp³-hybridized carbons (Fsp3) is 0.800. The van der Waals surface area contributed by atoms with Gasteiger partial charge in [-0.3, -0.25) is 4.79 Å². The van der Waals surface area contributed by atoms with E-state index in [9.17, 15) is 4.79 Å². The first-order valence-electron chi connectivity index (χ1n) is 5.03. The van der Waals surface area contributed by atoms with Gasteiger partial charge in [0.25, 0.3) is 0 Å². The zero-order valence-electron chi connectivity index (χ0n) is 8.80. The van der Waals surface area contributed by atoms with Gasteiger partial charge in [-0.15, -0.1) is 0 Å². The van der Waals surface area contributed by atoms with Crippen molar-refractivity contribution in [1.82, 2.24) is 5.32 Å². The Hall–Kier alpha value is -0.640. The molecule has 0 aromatic rings. The largest absolute Gasteiger partial charge is 0.392 e. The molecule has 1 aliphatic carbocycles. The monoisotopic (exact) mass is 214 g/mol. The Labute approximate surface area is 90.4 Å². The average Bonchev–Trinajstić information content (AvgIpc) is 2.00. The summed E-state index contributed by atoms with van der Waals surface area (Å²) in [7, 11) is 0. The number of thiocarbonyl (C=S) groups is 1. The molecular formula is C10H18N2OS. The second-order valence-corrected chi connectivity index (χ2v) is 4.94. The van der Waals surface area contributed by atoms with Crippen molar-refractivity contribution in [3.05, 3.63) is 0 Å². The van der Waals surface area contributed by atoms with Gasteiger partial charge in [0.05, 0.1) is 10.4 Å². The Bertz CT molecular complexity index is 247. The predicted molar refractivity (Wildman–Crippen MR) is 60.9 cm³/mol. The van der Waals surface area contributed by atoms with E-state index in [-0.39, 0.29) is 10.9 Å². The second-order valence-electron chi connectivity index (χ2n) is 4.50. The minimum atomic E-state index is -0.723. The molecule has 0 radical (unpaired) electrons. The van der Waals surface area contributed by atoms with Crippen LogP contribution in [-0.4, -0.2) is 17.4 Å². The topological polar surface area (TPSA) is 55.1 Å². The molecule has 1 aliphatic rings. The fourth-order valence-electron chi connectivity index (χ4n) is 1.27. The quantitative estimate of drug-likeness (QED) is 0.692. The van der Waals surface area contributed by atoms with Crippen LogP contribution < -0.4 is 11.1 Å². The number of carbonyl (C=O) groups is 1. The highest BCUT2D eigenvalue weighted by Crippen LogP contribution is 2.25. The van der Waals surface area contributed by atoms with E-state index >= 15 is 0 Å². The summed E-state index contributed by atoms with van der Waals surface area (Å²) < 4.78 is 0. The van der Waals surface area contributed by atoms with Crippen LogP contribution in [0.5, 0.6) is 0 Å². The number of nitrogens with two attached hydrogens (primary N) is 1. The molecule has 0 atom stereocenters. The predicted octanol–water partition coefficient (Wildman–Crippen LogP) is 1.22. The van der Waals surface area contributed by atoms with Crippen LogP contribution in [0.25, 0.3) is 0 Å². The fourth-order valence-corrected chi connectivity index (χ4v) is 1.36. The van der Waals surface area contributed by atoms with E-state index in [1.807, 2.05) is 0 Å². The third kappa shape index (κ3) is 2.44. The lowest BCUT2D eigenvalue weighted by Gasteiger charge is -2.28. The first kappa shape index (κ1) is 11.4. The minimum Gasteiger partial charge on any atom is -0.392 e. The molecule has 0 heterocycles. The lowest BCUT2D eigenvalue weighted by atomic mass is 9.85. The SMILES string of the molecule is CC(C)(C(=O)NCC1CCC1)C(N)=S. The highest BCUT2D eigenvalue weighted by Gasteiger charge is 2.31. The smallest absolute Gasteiger partial charge is 0.232 e. The molecule has 0 aromatic heterocycles. The summed E-state index contributed by atoms with van der Waals surface area (Å²) in [5.74, 6) is 0.609. The normalized spacial score (nSPS) is 17.3. The van der Waals surface area contributed by atoms with Gasteiger partial charge in [0, 0.05) is 6.54 Å². The van der Waals surface area contributed by atoms with E-state index in [1.54, 1.807) is 13.8 Å². The summed E-state index contributed by atoms with van der Waals surface area (Å²) in [6, 6.07) is 0. The van der Waals surface area contributed by atoms with E-state index in [0.717, 1.165) is 6.54 Å². The first-order valence-corrected chi connectivity index (χ1v) is 5.43. The van der Waals surface area contributed by atoms with Gasteiger partial charge in [0.2, 0.25) is 5.91 Å². The molecule has 0 saturated heterocycles. The lowest BCUT2D eigenvalue weighted by molar-refractivity contribution is -0.126. The van der Waals surface area contributed by atoms with Crippen molar-refractivity contribution in [2.24, 2.45) is 17.1 Å². The van der Waals surface area contributed by atoms with Crippen molar-refractivity contribution in [2.75, 3.05) is 6.54 Å². The van der Waals surface area contributed by atoms with Crippen molar-refractivity contribution in [2.45, 2.75) is 33.1 Å². The van der Waals surface area contributed by atoms with Crippen LogP contribution in [0.2, 0.25) is 0 Å². The first-order chi connectivity index (χ1) is 6.44. The molecule has 0 spiro atoms. The summed E-state index contributed by atoms with van der Waals surface area (Å²) in [6.45, 7) is 4.28. The van der Waals surface area contributed by atoms with Crippen molar-refractivity contribution in [3.8, 4) is 0 Å². The highest BCUT2D eigenvalue weighted by molar-refractivity contribution is 7.80. The van der Waals surface area contributed by atoms with E-state index in [4.69, 9.17) is 18.0 Å². The minimum absolute atomic E-state index is 0.0584. The van der Waals surface area contributed by atoms with Crippen LogP contribution in [0.3, 0.4) is 0 Å². The number of hydrogen-bond donors (Lipinski definition) is 2. The van der Waals surface area contributed by atoms with E-state index in [2.05, 4.69) is 5.32 Å². The molecule has 4 heteroatoms. The van der Waals surface area contributed by atoms with Gasteiger partial charge >= 0.3 is 0 Å². The van der Waals surface area contributed by atoms with Crippen LogP contribution in [0.1, 0.15) is 33.1 Å². The third-order valence-electron chi connectivity index (χ3n) is 2.96. The van der Waals surface area contributed by atoms with Crippen LogP contribution in [0.15, 0.2) is 0 Å². The molecule has 80 valence electrons. The molecule has 1 amide bonds. The molecular weight excluding hydrogens is 196 g/mol. The van der Waals surface area contributed by atoms with Crippen LogP contribution >= 0.6 is 12.2 Å². The van der Waals surface area contributed by atoms with Crippen LogP contribution in [0, 0.1) is 11.3 Å². The zero-order valence-corrected chi connectivity index (χ0v) is 9.62. The Kier molecular flexibility index (Phi) is 3.48. The molecule has 0 bridgehead atoms. The summed E-state index contributed by atoms with van der Waals surface area (Å²) in [5.41, 5.74) is 4.77. The molecule has 1 saturated carbocycles. The number of carbonyl (C=O) groups excluding carboxylic acids is 1. The van der Waals surface area contributed by atoms with Crippen molar-refractivity contribution in [1.29, 1.82) is 0 Å². The maximum absolute atomic E-state index is 11.7. The third-order valence-corrected chi connectivity index (χ3v) is 3.47. The molecule has 3 N–H and O–H groups in total. The van der Waals surface area contributed by atoms with Gasteiger partial charge in [-0.2, -0.15) is 0 Å². The zero-order chi connectivity index (χ0) is 10.8. The molecule has 3 nitrogen and oxygen atoms in total. The van der Waals surface area contributed by atoms with E-state index in [0.29, 0.717) is 5.92 Å². The molecule has 1 rings (SSSR count). The number of hydrogen-bond acceptors (Lipinski definition) is 2. The Balaban J connectivity index is 2.36. The van der Waals surface area contributed by atoms with Crippen LogP contribution in [-0.2, 0) is 4.79 Å². The number of nitrogens with one attached hydrogen (secondary N) is 1. The standard InChI is InChI=1S/C10H18N2OS/c1-10(2,8(11)14)9(13)12-6-7-4-3-5-7/h7H,3-6H2,1-2H3,(H2,11,14)(H,12,13). The summed E-state index contributed by atoms with van der Waals surface area (Å²) >= 11 is 4.85. The summed E-state index contributed by atoms with van der Waals surface area (Å²) in [4.78, 5) is 11.9. The maximum Gasteiger partial charge on any atom is 0.232 e. The molecule has 0 unspecified atom stereocenters. The summed E-state index contributed by atoms with van der Waals surface area (Å²) in [5, 5.41) is 2.90. The average molecular weight is 214 g/mol. The highest BCUT2D eigenvalue weighted by atomic mass is 32.1. The summed E-state index contributed by atoms with van der Waals surface area (Å²) in [6.07, 6.45) is 3.75.